The van der Waals surface area contributed by atoms with Gasteiger partial charge >= 0.3 is 0 Å². The van der Waals surface area contributed by atoms with Gasteiger partial charge in [-0.2, -0.15) is 0 Å². The fourth-order valence-corrected chi connectivity index (χ4v) is 4.56. The summed E-state index contributed by atoms with van der Waals surface area (Å²) in [5.74, 6) is -1.23. The number of halogens is 3. The van der Waals surface area contributed by atoms with Gasteiger partial charge in [-0.05, 0) is 50.6 Å². The van der Waals surface area contributed by atoms with E-state index in [9.17, 15) is 13.6 Å². The van der Waals surface area contributed by atoms with Crippen molar-refractivity contribution >= 4 is 29.7 Å². The minimum atomic E-state index is -2.55. The van der Waals surface area contributed by atoms with E-state index >= 15 is 0 Å². The second-order valence-electron chi connectivity index (χ2n) is 7.64. The van der Waals surface area contributed by atoms with Crippen LogP contribution < -0.4 is 10.6 Å². The molecule has 140 valence electrons. The lowest BCUT2D eigenvalue weighted by Gasteiger charge is -2.28. The summed E-state index contributed by atoms with van der Waals surface area (Å²) in [4.78, 5) is 13.6. The Morgan fingerprint density at radius 2 is 1.96 bits per heavy atom. The molecule has 0 aliphatic heterocycles. The lowest BCUT2D eigenvalue weighted by molar-refractivity contribution is -0.0399. The quantitative estimate of drug-likeness (QED) is 0.758. The van der Waals surface area contributed by atoms with Crippen molar-refractivity contribution in [3.63, 3.8) is 0 Å². The molecule has 0 bridgehead atoms. The number of amides is 1. The molecule has 3 aliphatic rings. The van der Waals surface area contributed by atoms with E-state index in [0.717, 1.165) is 18.9 Å². The minimum Gasteiger partial charge on any atom is -0.349 e. The van der Waals surface area contributed by atoms with Crippen LogP contribution in [0.25, 0.3) is 0 Å². The van der Waals surface area contributed by atoms with Crippen LogP contribution in [0.15, 0.2) is 11.4 Å². The zero-order valence-electron chi connectivity index (χ0n) is 14.1. The third kappa shape index (κ3) is 4.92. The number of carbonyl (C=O) groups is 1. The number of hydrogen-bond acceptors (Lipinski definition) is 3. The Balaban J connectivity index is 0.00000182. The van der Waals surface area contributed by atoms with Gasteiger partial charge in [0.1, 0.15) is 0 Å². The van der Waals surface area contributed by atoms with Crippen molar-refractivity contribution in [2.75, 3.05) is 6.54 Å². The summed E-state index contributed by atoms with van der Waals surface area (Å²) in [6.45, 7) is 1.13. The van der Waals surface area contributed by atoms with E-state index in [1.165, 1.54) is 17.7 Å². The summed E-state index contributed by atoms with van der Waals surface area (Å²) < 4.78 is 26.3. The van der Waals surface area contributed by atoms with Crippen LogP contribution >= 0.6 is 23.7 Å². The van der Waals surface area contributed by atoms with Gasteiger partial charge in [-0.15, -0.1) is 23.7 Å². The van der Waals surface area contributed by atoms with Gasteiger partial charge in [0.2, 0.25) is 5.92 Å². The molecule has 1 heterocycles. The third-order valence-electron chi connectivity index (χ3n) is 5.46. The zero-order valence-corrected chi connectivity index (χ0v) is 15.7. The Labute approximate surface area is 157 Å². The van der Waals surface area contributed by atoms with E-state index in [2.05, 4.69) is 10.6 Å². The van der Waals surface area contributed by atoms with Gasteiger partial charge in [0, 0.05) is 41.1 Å². The van der Waals surface area contributed by atoms with Crippen molar-refractivity contribution in [1.82, 2.24) is 10.6 Å². The molecule has 25 heavy (non-hydrogen) atoms. The van der Waals surface area contributed by atoms with E-state index in [4.69, 9.17) is 0 Å². The topological polar surface area (TPSA) is 41.1 Å². The zero-order chi connectivity index (χ0) is 16.7. The molecule has 2 unspecified atom stereocenters. The molecular weight excluding hydrogens is 366 g/mol. The molecular formula is C18H25ClF2N2OS. The standard InChI is InChI=1S/C18H24F2N2OS.ClH/c19-18(20)5-3-13(4-6-18)22-17(23)12-7-16(24-10-12)14-8-15(14)21-9-11-1-2-11;/h7,10-11,13-15,21H,1-6,8-9H2,(H,22,23);1H. The third-order valence-corrected chi connectivity index (χ3v) is 6.52. The Kier molecular flexibility index (Phi) is 5.71. The summed E-state index contributed by atoms with van der Waals surface area (Å²) in [6.07, 6.45) is 4.37. The van der Waals surface area contributed by atoms with Crippen molar-refractivity contribution in [3.8, 4) is 0 Å². The van der Waals surface area contributed by atoms with Crippen LogP contribution in [-0.2, 0) is 0 Å². The summed E-state index contributed by atoms with van der Waals surface area (Å²) in [5, 5.41) is 8.44. The molecule has 0 spiro atoms. The van der Waals surface area contributed by atoms with Crippen LogP contribution in [0.4, 0.5) is 8.78 Å². The molecule has 3 saturated carbocycles. The SMILES string of the molecule is Cl.O=C(NC1CCC(F)(F)CC1)c1csc(C2CC2NCC2CC2)c1. The van der Waals surface area contributed by atoms with E-state index in [0.29, 0.717) is 30.4 Å². The molecule has 1 aromatic heterocycles. The molecule has 3 aliphatic carbocycles. The van der Waals surface area contributed by atoms with Crippen LogP contribution in [0, 0.1) is 5.92 Å². The lowest BCUT2D eigenvalue weighted by Crippen LogP contribution is -2.40. The molecule has 0 radical (unpaired) electrons. The van der Waals surface area contributed by atoms with E-state index in [1.807, 2.05) is 11.4 Å². The largest absolute Gasteiger partial charge is 0.349 e. The average Bonchev–Trinajstić information content (AvgIpc) is 3.46. The van der Waals surface area contributed by atoms with Gasteiger partial charge in [0.15, 0.2) is 0 Å². The molecule has 4 rings (SSSR count). The summed E-state index contributed by atoms with van der Waals surface area (Å²) in [6, 6.07) is 2.44. The van der Waals surface area contributed by atoms with E-state index < -0.39 is 5.92 Å². The number of hydrogen-bond donors (Lipinski definition) is 2. The van der Waals surface area contributed by atoms with Crippen LogP contribution in [0.2, 0.25) is 0 Å². The number of carbonyl (C=O) groups excluding carboxylic acids is 1. The maximum atomic E-state index is 13.2. The number of rotatable bonds is 6. The Morgan fingerprint density at radius 1 is 1.24 bits per heavy atom. The van der Waals surface area contributed by atoms with Gasteiger partial charge < -0.3 is 10.6 Å². The predicted molar refractivity (Wildman–Crippen MR) is 98.1 cm³/mol. The van der Waals surface area contributed by atoms with Gasteiger partial charge in [-0.3, -0.25) is 4.79 Å². The highest BCUT2D eigenvalue weighted by Crippen LogP contribution is 2.44. The fraction of sp³-hybridized carbons (Fsp3) is 0.722. The van der Waals surface area contributed by atoms with Crippen LogP contribution in [0.1, 0.15) is 66.1 Å². The second-order valence-corrected chi connectivity index (χ2v) is 8.58. The van der Waals surface area contributed by atoms with Gasteiger partial charge in [0.05, 0.1) is 5.56 Å². The first-order chi connectivity index (χ1) is 11.5. The van der Waals surface area contributed by atoms with Crippen molar-refractivity contribution in [2.45, 2.75) is 68.9 Å². The maximum absolute atomic E-state index is 13.2. The summed E-state index contributed by atoms with van der Waals surface area (Å²) in [7, 11) is 0. The van der Waals surface area contributed by atoms with E-state index in [1.54, 1.807) is 11.3 Å². The van der Waals surface area contributed by atoms with Gasteiger partial charge in [-0.1, -0.05) is 0 Å². The molecule has 7 heteroatoms. The van der Waals surface area contributed by atoms with Gasteiger partial charge in [0.25, 0.3) is 5.91 Å². The molecule has 2 atom stereocenters. The summed E-state index contributed by atoms with van der Waals surface area (Å²) >= 11 is 1.64. The predicted octanol–water partition coefficient (Wildman–Crippen LogP) is 4.33. The molecule has 1 amide bonds. The van der Waals surface area contributed by atoms with Gasteiger partial charge in [-0.25, -0.2) is 8.78 Å². The van der Waals surface area contributed by atoms with Crippen molar-refractivity contribution in [2.24, 2.45) is 5.92 Å². The Morgan fingerprint density at radius 3 is 2.64 bits per heavy atom. The van der Waals surface area contributed by atoms with Crippen LogP contribution in [0.3, 0.4) is 0 Å². The highest BCUT2D eigenvalue weighted by molar-refractivity contribution is 7.10. The fourth-order valence-electron chi connectivity index (χ4n) is 3.49. The first-order valence-electron chi connectivity index (χ1n) is 9.01. The van der Waals surface area contributed by atoms with Crippen LogP contribution in [-0.4, -0.2) is 30.5 Å². The Hall–Kier alpha value is -0.720. The number of thiophene rings is 1. The van der Waals surface area contributed by atoms with Crippen molar-refractivity contribution in [1.29, 1.82) is 0 Å². The lowest BCUT2D eigenvalue weighted by atomic mass is 9.92. The average molecular weight is 391 g/mol. The molecule has 1 aromatic rings. The van der Waals surface area contributed by atoms with E-state index in [-0.39, 0.29) is 37.2 Å². The summed E-state index contributed by atoms with van der Waals surface area (Å²) in [5.41, 5.74) is 0.681. The monoisotopic (exact) mass is 390 g/mol. The Bertz CT molecular complexity index is 610. The highest BCUT2D eigenvalue weighted by atomic mass is 35.5. The molecule has 2 N–H and O–H groups in total. The second kappa shape index (κ2) is 7.49. The molecule has 0 aromatic carbocycles. The normalized spacial score (nSPS) is 28.2. The molecule has 3 nitrogen and oxygen atoms in total. The number of alkyl halides is 2. The maximum Gasteiger partial charge on any atom is 0.252 e. The molecule has 0 saturated heterocycles. The first-order valence-corrected chi connectivity index (χ1v) is 9.89. The smallest absolute Gasteiger partial charge is 0.252 e. The minimum absolute atomic E-state index is 0. The first kappa shape index (κ1) is 19.1. The van der Waals surface area contributed by atoms with Crippen LogP contribution in [0.5, 0.6) is 0 Å². The van der Waals surface area contributed by atoms with Crippen molar-refractivity contribution in [3.05, 3.63) is 21.9 Å². The molecule has 3 fully saturated rings. The van der Waals surface area contributed by atoms with Crippen molar-refractivity contribution < 1.29 is 13.6 Å². The number of nitrogens with one attached hydrogen (secondary N) is 2. The highest BCUT2D eigenvalue weighted by Gasteiger charge is 2.40.